The summed E-state index contributed by atoms with van der Waals surface area (Å²) < 4.78 is 16.6. The van der Waals surface area contributed by atoms with Crippen molar-refractivity contribution in [3.05, 3.63) is 89.7 Å². The minimum Gasteiger partial charge on any atom is -0.354 e. The van der Waals surface area contributed by atoms with Gasteiger partial charge in [0.25, 0.3) is 0 Å². The summed E-state index contributed by atoms with van der Waals surface area (Å²) in [5.74, 6) is -1.06. The van der Waals surface area contributed by atoms with Gasteiger partial charge in [0.15, 0.2) is 0 Å². The summed E-state index contributed by atoms with van der Waals surface area (Å²) in [5, 5.41) is 11.2. The van der Waals surface area contributed by atoms with Gasteiger partial charge in [-0.3, -0.25) is 14.5 Å². The van der Waals surface area contributed by atoms with E-state index in [1.807, 2.05) is 37.3 Å². The first-order valence-corrected chi connectivity index (χ1v) is 12.0. The summed E-state index contributed by atoms with van der Waals surface area (Å²) in [6.07, 6.45) is 0.783. The zero-order valence-electron chi connectivity index (χ0n) is 20.7. The first kappa shape index (κ1) is 25.0. The van der Waals surface area contributed by atoms with Gasteiger partial charge in [0, 0.05) is 6.54 Å². The molecule has 1 aromatic heterocycles. The molecular formula is C28H30FN5O2. The molecule has 1 N–H and O–H groups in total. The van der Waals surface area contributed by atoms with E-state index < -0.39 is 17.8 Å². The lowest BCUT2D eigenvalue weighted by molar-refractivity contribution is -0.127. The number of aryl methyl sites for hydroxylation is 1. The maximum Gasteiger partial charge on any atom is 0.249 e. The maximum absolute atomic E-state index is 15.1. The molecule has 8 heteroatoms. The number of hydrogen-bond donors (Lipinski definition) is 1. The van der Waals surface area contributed by atoms with Crippen LogP contribution >= 0.6 is 0 Å². The Bertz CT molecular complexity index is 1350. The van der Waals surface area contributed by atoms with Crippen LogP contribution in [0.5, 0.6) is 0 Å². The van der Waals surface area contributed by atoms with Gasteiger partial charge < -0.3 is 5.32 Å². The molecular weight excluding hydrogens is 457 g/mol. The molecule has 186 valence electrons. The smallest absolute Gasteiger partial charge is 0.249 e. The van der Waals surface area contributed by atoms with E-state index in [9.17, 15) is 9.59 Å². The van der Waals surface area contributed by atoms with Crippen LogP contribution in [-0.2, 0) is 16.1 Å². The van der Waals surface area contributed by atoms with Gasteiger partial charge in [-0.2, -0.15) is 0 Å². The summed E-state index contributed by atoms with van der Waals surface area (Å²) in [5.41, 5.74) is 2.94. The number of carbonyl (C=O) groups is 2. The van der Waals surface area contributed by atoms with Crippen LogP contribution in [0.15, 0.2) is 72.8 Å². The van der Waals surface area contributed by atoms with Gasteiger partial charge in [-0.1, -0.05) is 73.2 Å². The normalized spacial score (nSPS) is 12.0. The predicted molar refractivity (Wildman–Crippen MR) is 138 cm³/mol. The first-order valence-electron chi connectivity index (χ1n) is 12.0. The van der Waals surface area contributed by atoms with Gasteiger partial charge in [-0.05, 0) is 49.1 Å². The predicted octanol–water partition coefficient (Wildman–Crippen LogP) is 4.82. The molecule has 0 spiro atoms. The summed E-state index contributed by atoms with van der Waals surface area (Å²) in [6.45, 7) is 6.32. The van der Waals surface area contributed by atoms with Gasteiger partial charge in [0.1, 0.15) is 23.9 Å². The zero-order chi connectivity index (χ0) is 25.7. The van der Waals surface area contributed by atoms with Crippen LogP contribution in [0.4, 0.5) is 10.1 Å². The molecule has 0 fully saturated rings. The van der Waals surface area contributed by atoms with E-state index in [2.05, 4.69) is 29.5 Å². The summed E-state index contributed by atoms with van der Waals surface area (Å²) in [4.78, 5) is 28.7. The van der Waals surface area contributed by atoms with Gasteiger partial charge in [0.05, 0.1) is 11.2 Å². The van der Waals surface area contributed by atoms with E-state index in [1.165, 1.54) is 21.7 Å². The highest BCUT2D eigenvalue weighted by Gasteiger charge is 2.34. The minimum atomic E-state index is -1.07. The second-order valence-corrected chi connectivity index (χ2v) is 9.24. The summed E-state index contributed by atoms with van der Waals surface area (Å²) >= 11 is 0. The van der Waals surface area contributed by atoms with Gasteiger partial charge in [0.2, 0.25) is 11.8 Å². The fourth-order valence-corrected chi connectivity index (χ4v) is 4.05. The fourth-order valence-electron chi connectivity index (χ4n) is 4.05. The third-order valence-electron chi connectivity index (χ3n) is 6.01. The van der Waals surface area contributed by atoms with E-state index >= 15 is 4.39 Å². The Hall–Kier alpha value is -4.07. The molecule has 0 saturated heterocycles. The first-order chi connectivity index (χ1) is 17.3. The molecule has 3 aromatic carbocycles. The van der Waals surface area contributed by atoms with Crippen molar-refractivity contribution in [3.8, 4) is 0 Å². The Morgan fingerprint density at radius 2 is 1.69 bits per heavy atom. The zero-order valence-corrected chi connectivity index (χ0v) is 20.7. The topological polar surface area (TPSA) is 80.1 Å². The average Bonchev–Trinajstić information content (AvgIpc) is 3.26. The molecule has 0 radical (unpaired) electrons. The average molecular weight is 488 g/mol. The Morgan fingerprint density at radius 3 is 2.42 bits per heavy atom. The van der Waals surface area contributed by atoms with E-state index in [-0.39, 0.29) is 18.1 Å². The lowest BCUT2D eigenvalue weighted by atomic mass is 10.0. The van der Waals surface area contributed by atoms with Crippen molar-refractivity contribution in [1.82, 2.24) is 20.3 Å². The summed E-state index contributed by atoms with van der Waals surface area (Å²) in [7, 11) is 0. The van der Waals surface area contributed by atoms with Crippen LogP contribution in [0.1, 0.15) is 37.4 Å². The van der Waals surface area contributed by atoms with Crippen LogP contribution in [0.3, 0.4) is 0 Å². The lowest BCUT2D eigenvalue weighted by Crippen LogP contribution is -2.46. The van der Waals surface area contributed by atoms with E-state index in [4.69, 9.17) is 0 Å². The fraction of sp³-hybridized carbons (Fsp3) is 0.286. The number of rotatable bonds is 9. The van der Waals surface area contributed by atoms with Gasteiger partial charge >= 0.3 is 0 Å². The third kappa shape index (κ3) is 5.59. The second-order valence-electron chi connectivity index (χ2n) is 9.24. The molecule has 0 aliphatic rings. The molecule has 1 atom stereocenters. The highest BCUT2D eigenvalue weighted by molar-refractivity contribution is 6.01. The Labute approximate surface area is 209 Å². The number of anilines is 1. The van der Waals surface area contributed by atoms with Crippen LogP contribution < -0.4 is 10.2 Å². The molecule has 1 heterocycles. The lowest BCUT2D eigenvalue weighted by Gasteiger charge is -2.32. The number of halogens is 1. The Morgan fingerprint density at radius 1 is 1.00 bits per heavy atom. The number of amides is 2. The number of nitrogens with one attached hydrogen (secondary N) is 1. The van der Waals surface area contributed by atoms with E-state index in [0.29, 0.717) is 29.1 Å². The van der Waals surface area contributed by atoms with Crippen molar-refractivity contribution < 1.29 is 14.0 Å². The SMILES string of the molecule is Cc1ccc(C(C(=O)NCCC(C)C)N(C(=O)Cn2nnc3ccccc32)c2ccccc2F)cc1. The number of para-hydroxylation sites is 2. The number of carbonyl (C=O) groups excluding carboxylic acids is 2. The number of benzene rings is 3. The standard InChI is InChI=1S/C28H30FN5O2/c1-19(2)16-17-30-28(36)27(21-14-12-20(3)13-15-21)34(24-10-6-4-8-22(24)29)26(35)18-33-25-11-7-5-9-23(25)31-32-33/h4-15,19,27H,16-18H2,1-3H3,(H,30,36). The van der Waals surface area contributed by atoms with Crippen LogP contribution in [0.25, 0.3) is 11.0 Å². The van der Waals surface area contributed by atoms with Crippen molar-refractivity contribution in [2.45, 2.75) is 39.8 Å². The van der Waals surface area contributed by atoms with Crippen molar-refractivity contribution in [2.75, 3.05) is 11.4 Å². The van der Waals surface area contributed by atoms with Crippen LogP contribution in [-0.4, -0.2) is 33.4 Å². The third-order valence-corrected chi connectivity index (χ3v) is 6.01. The van der Waals surface area contributed by atoms with E-state index in [1.54, 1.807) is 30.3 Å². The highest BCUT2D eigenvalue weighted by atomic mass is 19.1. The number of aromatic nitrogens is 3. The molecule has 1 unspecified atom stereocenters. The monoisotopic (exact) mass is 487 g/mol. The quantitative estimate of drug-likeness (QED) is 0.367. The highest BCUT2D eigenvalue weighted by Crippen LogP contribution is 2.31. The van der Waals surface area contributed by atoms with Crippen molar-refractivity contribution in [1.29, 1.82) is 0 Å². The molecule has 4 rings (SSSR count). The maximum atomic E-state index is 15.1. The Kier molecular flexibility index (Phi) is 7.73. The molecule has 4 aromatic rings. The van der Waals surface area contributed by atoms with Crippen molar-refractivity contribution in [2.24, 2.45) is 5.92 Å². The minimum absolute atomic E-state index is 0.0245. The molecule has 7 nitrogen and oxygen atoms in total. The molecule has 0 bridgehead atoms. The number of hydrogen-bond acceptors (Lipinski definition) is 4. The van der Waals surface area contributed by atoms with E-state index in [0.717, 1.165) is 12.0 Å². The van der Waals surface area contributed by atoms with Crippen molar-refractivity contribution >= 4 is 28.5 Å². The van der Waals surface area contributed by atoms with Gasteiger partial charge in [-0.25, -0.2) is 9.07 Å². The van der Waals surface area contributed by atoms with Crippen molar-refractivity contribution in [3.63, 3.8) is 0 Å². The number of nitrogens with zero attached hydrogens (tertiary/aromatic N) is 4. The van der Waals surface area contributed by atoms with Gasteiger partial charge in [-0.15, -0.1) is 5.10 Å². The van der Waals surface area contributed by atoms with Crippen LogP contribution in [0, 0.1) is 18.7 Å². The molecule has 2 amide bonds. The molecule has 0 aliphatic heterocycles. The molecule has 0 saturated carbocycles. The second kappa shape index (κ2) is 11.1. The van der Waals surface area contributed by atoms with Crippen LogP contribution in [0.2, 0.25) is 0 Å². The molecule has 0 aliphatic carbocycles. The summed E-state index contributed by atoms with van der Waals surface area (Å²) in [6, 6.07) is 19.5. The molecule has 36 heavy (non-hydrogen) atoms. The largest absolute Gasteiger partial charge is 0.354 e. The Balaban J connectivity index is 1.77. The number of fused-ring (bicyclic) bond motifs is 1.